The van der Waals surface area contributed by atoms with Crippen LogP contribution in [0.1, 0.15) is 45.6 Å². The standard InChI is InChI=1S/C18H34N6O.HI/c1-5-19-17(20-12-16-9-7-8-10-24(16)6-2)21-14-18(3,25)15-11-22-23(4)13-15;/h11,13,16,25H,5-10,12,14H2,1-4H3,(H2,19,20,21);1H. The van der Waals surface area contributed by atoms with Crippen LogP contribution >= 0.6 is 24.0 Å². The number of likely N-dealkylation sites (N-methyl/N-ethyl adjacent to an activating group) is 1. The molecule has 2 rings (SSSR count). The molecule has 1 aliphatic heterocycles. The Morgan fingerprint density at radius 1 is 1.38 bits per heavy atom. The molecule has 0 spiro atoms. The van der Waals surface area contributed by atoms with Crippen LogP contribution in [0.3, 0.4) is 0 Å². The van der Waals surface area contributed by atoms with Gasteiger partial charge in [-0.25, -0.2) is 4.99 Å². The van der Waals surface area contributed by atoms with Crippen molar-refractivity contribution >= 4 is 29.9 Å². The van der Waals surface area contributed by atoms with Crippen LogP contribution in [-0.4, -0.2) is 64.5 Å². The minimum atomic E-state index is -1.03. The van der Waals surface area contributed by atoms with Crippen LogP contribution in [-0.2, 0) is 12.6 Å². The highest BCUT2D eigenvalue weighted by Crippen LogP contribution is 2.20. The number of likely N-dealkylation sites (tertiary alicyclic amines) is 1. The van der Waals surface area contributed by atoms with E-state index in [9.17, 15) is 5.11 Å². The summed E-state index contributed by atoms with van der Waals surface area (Å²) in [4.78, 5) is 7.13. The molecular formula is C18H35IN6O. The first kappa shape index (κ1) is 23.2. The summed E-state index contributed by atoms with van der Waals surface area (Å²) in [5.41, 5.74) is -0.254. The van der Waals surface area contributed by atoms with Gasteiger partial charge in [0.15, 0.2) is 5.96 Å². The number of nitrogens with one attached hydrogen (secondary N) is 2. The van der Waals surface area contributed by atoms with Gasteiger partial charge in [0.1, 0.15) is 5.60 Å². The molecule has 0 aliphatic carbocycles. The minimum Gasteiger partial charge on any atom is -0.383 e. The molecule has 2 unspecified atom stereocenters. The number of aryl methyl sites for hydroxylation is 1. The van der Waals surface area contributed by atoms with Crippen LogP contribution in [0.15, 0.2) is 17.4 Å². The predicted octanol–water partition coefficient (Wildman–Crippen LogP) is 1.68. The van der Waals surface area contributed by atoms with Crippen molar-refractivity contribution in [3.05, 3.63) is 18.0 Å². The number of hydrogen-bond acceptors (Lipinski definition) is 4. The summed E-state index contributed by atoms with van der Waals surface area (Å²) in [6.45, 7) is 10.3. The molecule has 0 bridgehead atoms. The van der Waals surface area contributed by atoms with Gasteiger partial charge in [-0.15, -0.1) is 24.0 Å². The SMILES string of the molecule is CCNC(=NCC(C)(O)c1cnn(C)c1)NCC1CCCCN1CC.I. The zero-order valence-corrected chi connectivity index (χ0v) is 18.9. The Labute approximate surface area is 174 Å². The van der Waals surface area contributed by atoms with Gasteiger partial charge in [-0.2, -0.15) is 5.10 Å². The highest BCUT2D eigenvalue weighted by atomic mass is 127. The molecule has 8 heteroatoms. The summed E-state index contributed by atoms with van der Waals surface area (Å²) in [5, 5.41) is 21.5. The van der Waals surface area contributed by atoms with Crippen LogP contribution in [0.25, 0.3) is 0 Å². The number of piperidine rings is 1. The lowest BCUT2D eigenvalue weighted by Gasteiger charge is -2.35. The average molecular weight is 478 g/mol. The topological polar surface area (TPSA) is 77.7 Å². The summed E-state index contributed by atoms with van der Waals surface area (Å²) >= 11 is 0. The third-order valence-electron chi connectivity index (χ3n) is 4.88. The average Bonchev–Trinajstić information content (AvgIpc) is 3.05. The molecule has 2 atom stereocenters. The van der Waals surface area contributed by atoms with Gasteiger partial charge in [0, 0.05) is 37.9 Å². The molecule has 0 aromatic carbocycles. The molecule has 1 aliphatic rings. The van der Waals surface area contributed by atoms with Crippen molar-refractivity contribution in [3.8, 4) is 0 Å². The maximum atomic E-state index is 10.7. The van der Waals surface area contributed by atoms with E-state index in [1.807, 2.05) is 13.2 Å². The van der Waals surface area contributed by atoms with Gasteiger partial charge in [0.25, 0.3) is 0 Å². The lowest BCUT2D eigenvalue weighted by Crippen LogP contribution is -2.49. The third kappa shape index (κ3) is 6.70. The zero-order valence-electron chi connectivity index (χ0n) is 16.5. The second kappa shape index (κ2) is 11.1. The number of rotatable bonds is 7. The maximum absolute atomic E-state index is 10.7. The number of halogens is 1. The summed E-state index contributed by atoms with van der Waals surface area (Å²) in [6.07, 6.45) is 7.35. The maximum Gasteiger partial charge on any atom is 0.191 e. The number of aliphatic hydroxyl groups is 1. The molecule has 150 valence electrons. The Morgan fingerprint density at radius 3 is 2.77 bits per heavy atom. The fourth-order valence-electron chi connectivity index (χ4n) is 3.29. The van der Waals surface area contributed by atoms with Crippen LogP contribution in [0, 0.1) is 0 Å². The predicted molar refractivity (Wildman–Crippen MR) is 117 cm³/mol. The molecular weight excluding hydrogens is 443 g/mol. The molecule has 1 fully saturated rings. The van der Waals surface area contributed by atoms with E-state index in [2.05, 4.69) is 39.5 Å². The molecule has 0 saturated carbocycles. The lowest BCUT2D eigenvalue weighted by atomic mass is 10.0. The van der Waals surface area contributed by atoms with E-state index in [1.54, 1.807) is 17.8 Å². The van der Waals surface area contributed by atoms with Crippen molar-refractivity contribution in [2.75, 3.05) is 32.7 Å². The number of guanidine groups is 1. The van der Waals surface area contributed by atoms with Gasteiger partial charge >= 0.3 is 0 Å². The molecule has 26 heavy (non-hydrogen) atoms. The number of aliphatic imine (C=N–C) groups is 1. The fourth-order valence-corrected chi connectivity index (χ4v) is 3.29. The lowest BCUT2D eigenvalue weighted by molar-refractivity contribution is 0.0671. The Balaban J connectivity index is 0.00000338. The highest BCUT2D eigenvalue weighted by Gasteiger charge is 2.25. The van der Waals surface area contributed by atoms with Crippen molar-refractivity contribution in [3.63, 3.8) is 0 Å². The van der Waals surface area contributed by atoms with Crippen molar-refractivity contribution in [1.29, 1.82) is 0 Å². The van der Waals surface area contributed by atoms with Crippen LogP contribution < -0.4 is 10.6 Å². The van der Waals surface area contributed by atoms with E-state index in [-0.39, 0.29) is 30.5 Å². The van der Waals surface area contributed by atoms with E-state index in [0.29, 0.717) is 6.04 Å². The molecule has 1 aromatic heterocycles. The molecule has 7 nitrogen and oxygen atoms in total. The number of nitrogens with zero attached hydrogens (tertiary/aromatic N) is 4. The third-order valence-corrected chi connectivity index (χ3v) is 4.88. The van der Waals surface area contributed by atoms with Crippen LogP contribution in [0.4, 0.5) is 0 Å². The zero-order chi connectivity index (χ0) is 18.3. The summed E-state index contributed by atoms with van der Waals surface area (Å²) in [6, 6.07) is 0.557. The Bertz CT molecular complexity index is 560. The van der Waals surface area contributed by atoms with Gasteiger partial charge in [-0.1, -0.05) is 13.3 Å². The monoisotopic (exact) mass is 478 g/mol. The van der Waals surface area contributed by atoms with Crippen LogP contribution in [0.2, 0.25) is 0 Å². The van der Waals surface area contributed by atoms with Gasteiger partial charge in [0.2, 0.25) is 0 Å². The van der Waals surface area contributed by atoms with Crippen molar-refractivity contribution in [2.45, 2.75) is 51.7 Å². The molecule has 1 saturated heterocycles. The summed E-state index contributed by atoms with van der Waals surface area (Å²) < 4.78 is 1.69. The fraction of sp³-hybridized carbons (Fsp3) is 0.778. The van der Waals surface area contributed by atoms with Gasteiger partial charge < -0.3 is 15.7 Å². The second-order valence-electron chi connectivity index (χ2n) is 7.03. The molecule has 3 N–H and O–H groups in total. The van der Waals surface area contributed by atoms with E-state index in [4.69, 9.17) is 0 Å². The normalized spacial score (nSPS) is 21.0. The van der Waals surface area contributed by atoms with Crippen LogP contribution in [0.5, 0.6) is 0 Å². The Morgan fingerprint density at radius 2 is 2.15 bits per heavy atom. The Hall–Kier alpha value is -0.870. The number of hydrogen-bond donors (Lipinski definition) is 3. The smallest absolute Gasteiger partial charge is 0.191 e. The van der Waals surface area contributed by atoms with E-state index < -0.39 is 5.60 Å². The largest absolute Gasteiger partial charge is 0.383 e. The first-order valence-corrected chi connectivity index (χ1v) is 9.44. The molecule has 0 amide bonds. The quantitative estimate of drug-likeness (QED) is 0.316. The summed E-state index contributed by atoms with van der Waals surface area (Å²) in [5.74, 6) is 0.758. The first-order chi connectivity index (χ1) is 12.0. The van der Waals surface area contributed by atoms with Gasteiger partial charge in [-0.05, 0) is 39.8 Å². The second-order valence-corrected chi connectivity index (χ2v) is 7.03. The van der Waals surface area contributed by atoms with Gasteiger partial charge in [0.05, 0.1) is 12.7 Å². The first-order valence-electron chi connectivity index (χ1n) is 9.44. The van der Waals surface area contributed by atoms with E-state index >= 15 is 0 Å². The Kier molecular flexibility index (Phi) is 9.88. The highest BCUT2D eigenvalue weighted by molar-refractivity contribution is 14.0. The minimum absolute atomic E-state index is 0. The van der Waals surface area contributed by atoms with Gasteiger partial charge in [-0.3, -0.25) is 9.58 Å². The summed E-state index contributed by atoms with van der Waals surface area (Å²) in [7, 11) is 1.85. The van der Waals surface area contributed by atoms with Crippen molar-refractivity contribution in [2.24, 2.45) is 12.0 Å². The van der Waals surface area contributed by atoms with E-state index in [0.717, 1.165) is 31.2 Å². The molecule has 2 heterocycles. The number of aromatic nitrogens is 2. The van der Waals surface area contributed by atoms with Crippen molar-refractivity contribution < 1.29 is 5.11 Å². The van der Waals surface area contributed by atoms with Crippen molar-refractivity contribution in [1.82, 2.24) is 25.3 Å². The molecule has 0 radical (unpaired) electrons. The molecule has 1 aromatic rings. The van der Waals surface area contributed by atoms with E-state index in [1.165, 1.54) is 25.8 Å².